The first-order valence-corrected chi connectivity index (χ1v) is 11.1. The fourth-order valence-corrected chi connectivity index (χ4v) is 4.41. The van der Waals surface area contributed by atoms with Crippen molar-refractivity contribution in [3.63, 3.8) is 0 Å². The maximum Gasteiger partial charge on any atom is 0.0372 e. The van der Waals surface area contributed by atoms with E-state index in [0.717, 1.165) is 30.7 Å². The molecule has 0 saturated heterocycles. The summed E-state index contributed by atoms with van der Waals surface area (Å²) in [6, 6.07) is 4.80. The van der Waals surface area contributed by atoms with Gasteiger partial charge in [0.1, 0.15) is 0 Å². The highest BCUT2D eigenvalue weighted by Gasteiger charge is 2.41. The molecule has 0 radical (unpaired) electrons. The topological polar surface area (TPSA) is 24.4 Å². The van der Waals surface area contributed by atoms with Crippen LogP contribution in [0.1, 0.15) is 82.6 Å². The molecule has 0 heterocycles. The van der Waals surface area contributed by atoms with E-state index in [2.05, 4.69) is 76.5 Å². The van der Waals surface area contributed by atoms with Crippen molar-refractivity contribution in [2.24, 2.45) is 4.99 Å². The van der Waals surface area contributed by atoms with Crippen molar-refractivity contribution in [3.8, 4) is 12.8 Å². The van der Waals surface area contributed by atoms with Crippen LogP contribution in [-0.4, -0.2) is 11.8 Å². The minimum atomic E-state index is 0.305. The molecule has 0 unspecified atom stereocenters. The molecule has 30 heavy (non-hydrogen) atoms. The summed E-state index contributed by atoms with van der Waals surface area (Å²) in [5.41, 5.74) is 12.5. The molecule has 0 aromatic heterocycles. The molecule has 1 aromatic carbocycles. The van der Waals surface area contributed by atoms with Crippen LogP contribution in [0.4, 0.5) is 0 Å². The van der Waals surface area contributed by atoms with Crippen LogP contribution in [0.15, 0.2) is 46.2 Å². The number of rotatable bonds is 8. The number of hydrogen-bond donors (Lipinski definition) is 1. The van der Waals surface area contributed by atoms with Crippen LogP contribution in [0.25, 0.3) is 5.57 Å². The monoisotopic (exact) mass is 402 g/mol. The number of nitrogens with zero attached hydrogens (tertiary/aromatic N) is 1. The Hall–Kier alpha value is -2.53. The zero-order chi connectivity index (χ0) is 22.5. The largest absolute Gasteiger partial charge is 0.380 e. The summed E-state index contributed by atoms with van der Waals surface area (Å²) in [6.45, 7) is 17.5. The minimum absolute atomic E-state index is 0.305. The van der Waals surface area contributed by atoms with Gasteiger partial charge >= 0.3 is 0 Å². The number of nitrogens with one attached hydrogen (secondary N) is 1. The van der Waals surface area contributed by atoms with Gasteiger partial charge in [-0.1, -0.05) is 36.8 Å². The second-order valence-electron chi connectivity index (χ2n) is 8.76. The summed E-state index contributed by atoms with van der Waals surface area (Å²) in [4.78, 5) is 4.43. The Labute approximate surface area is 184 Å². The first-order chi connectivity index (χ1) is 14.3. The van der Waals surface area contributed by atoms with Crippen LogP contribution in [0.2, 0.25) is 0 Å². The lowest BCUT2D eigenvalue weighted by Gasteiger charge is -2.21. The molecule has 0 amide bonds. The van der Waals surface area contributed by atoms with Crippen LogP contribution >= 0.6 is 0 Å². The minimum Gasteiger partial charge on any atom is -0.380 e. The second kappa shape index (κ2) is 9.98. The van der Waals surface area contributed by atoms with Gasteiger partial charge in [0.15, 0.2) is 0 Å². The fraction of sp³-hybridized carbons (Fsp3) is 0.464. The second-order valence-corrected chi connectivity index (χ2v) is 8.76. The fourth-order valence-electron chi connectivity index (χ4n) is 4.41. The van der Waals surface area contributed by atoms with E-state index in [4.69, 9.17) is 0 Å². The van der Waals surface area contributed by atoms with Crippen molar-refractivity contribution in [2.45, 2.75) is 85.6 Å². The molecule has 2 heteroatoms. The van der Waals surface area contributed by atoms with Crippen molar-refractivity contribution in [2.75, 3.05) is 0 Å². The Morgan fingerprint density at radius 1 is 1.23 bits per heavy atom. The van der Waals surface area contributed by atoms with Crippen LogP contribution in [0.3, 0.4) is 0 Å². The summed E-state index contributed by atoms with van der Waals surface area (Å²) < 4.78 is 0. The predicted octanol–water partition coefficient (Wildman–Crippen LogP) is 6.94. The van der Waals surface area contributed by atoms with Gasteiger partial charge in [-0.15, -0.1) is 12.8 Å². The van der Waals surface area contributed by atoms with Crippen LogP contribution in [0, 0.1) is 19.8 Å². The van der Waals surface area contributed by atoms with E-state index in [0.29, 0.717) is 5.54 Å². The third kappa shape index (κ3) is 5.14. The van der Waals surface area contributed by atoms with E-state index in [9.17, 15) is 0 Å². The Kier molecular flexibility index (Phi) is 7.90. The van der Waals surface area contributed by atoms with Gasteiger partial charge in [-0.05, 0) is 95.4 Å². The molecule has 2 nitrogen and oxygen atoms in total. The smallest absolute Gasteiger partial charge is 0.0372 e. The van der Waals surface area contributed by atoms with E-state index >= 15 is 0 Å². The number of terminal acetylenes is 1. The van der Waals surface area contributed by atoms with Gasteiger partial charge in [0.05, 0.1) is 0 Å². The van der Waals surface area contributed by atoms with Crippen LogP contribution in [0.5, 0.6) is 0 Å². The van der Waals surface area contributed by atoms with Crippen LogP contribution in [-0.2, 0) is 12.8 Å². The lowest BCUT2D eigenvalue weighted by Crippen LogP contribution is -2.29. The number of allylic oxidation sites excluding steroid dienone is 4. The first-order valence-electron chi connectivity index (χ1n) is 11.1. The lowest BCUT2D eigenvalue weighted by molar-refractivity contribution is 0.547. The maximum absolute atomic E-state index is 4.44. The van der Waals surface area contributed by atoms with E-state index in [1.165, 1.54) is 58.2 Å². The van der Waals surface area contributed by atoms with E-state index in [1.54, 1.807) is 0 Å². The molecule has 2 aliphatic carbocycles. The van der Waals surface area contributed by atoms with Gasteiger partial charge in [0.2, 0.25) is 0 Å². The first kappa shape index (κ1) is 23.7. The standard InChI is InChI=1S/C26H36N2.C2H2/c1-8-26(12-13-26)28-21(7)25-19(5)15-23-18(4)14-22(16-24(23)25)11-10-17(3)20(6)27-9-2;1-2/h9,14,16,28H,7-8,10-13,15H2,1-6H3;1-2H/b20-17+,27-9?;. The SMILES string of the molecule is C#C.C=C(NC1(CC)CC1)C1=C(C)Cc2c(C)cc(CC/C(C)=C(\C)N=CC)cc21. The number of benzene rings is 1. The quantitative estimate of drug-likeness (QED) is 0.370. The van der Waals surface area contributed by atoms with Crippen molar-refractivity contribution >= 4 is 11.8 Å². The highest BCUT2D eigenvalue weighted by molar-refractivity contribution is 5.86. The Bertz CT molecular complexity index is 917. The summed E-state index contributed by atoms with van der Waals surface area (Å²) in [5.74, 6) is 0. The molecule has 0 atom stereocenters. The molecule has 0 spiro atoms. The van der Waals surface area contributed by atoms with Gasteiger partial charge in [-0.3, -0.25) is 4.99 Å². The molecular weight excluding hydrogens is 364 g/mol. The molecule has 1 aromatic rings. The zero-order valence-corrected chi connectivity index (χ0v) is 19.8. The highest BCUT2D eigenvalue weighted by Crippen LogP contribution is 2.43. The molecule has 1 N–H and O–H groups in total. The molecule has 160 valence electrons. The van der Waals surface area contributed by atoms with Gasteiger partial charge in [-0.2, -0.15) is 0 Å². The number of fused-ring (bicyclic) bond motifs is 1. The third-order valence-corrected chi connectivity index (χ3v) is 6.65. The molecule has 0 bridgehead atoms. The van der Waals surface area contributed by atoms with Crippen molar-refractivity contribution in [3.05, 3.63) is 63.5 Å². The number of hydrogen-bond acceptors (Lipinski definition) is 2. The Morgan fingerprint density at radius 2 is 1.90 bits per heavy atom. The average molecular weight is 403 g/mol. The summed E-state index contributed by atoms with van der Waals surface area (Å²) in [6.07, 6.45) is 16.8. The van der Waals surface area contributed by atoms with E-state index in [1.807, 2.05) is 13.1 Å². The van der Waals surface area contributed by atoms with Crippen LogP contribution < -0.4 is 5.32 Å². The van der Waals surface area contributed by atoms with Gasteiger partial charge in [0, 0.05) is 28.7 Å². The zero-order valence-electron chi connectivity index (χ0n) is 19.8. The highest BCUT2D eigenvalue weighted by atomic mass is 15.0. The van der Waals surface area contributed by atoms with E-state index in [-0.39, 0.29) is 0 Å². The van der Waals surface area contributed by atoms with Gasteiger partial charge < -0.3 is 5.32 Å². The van der Waals surface area contributed by atoms with Crippen molar-refractivity contribution in [1.29, 1.82) is 0 Å². The van der Waals surface area contributed by atoms with E-state index < -0.39 is 0 Å². The van der Waals surface area contributed by atoms with Gasteiger partial charge in [-0.25, -0.2) is 0 Å². The van der Waals surface area contributed by atoms with Crippen molar-refractivity contribution < 1.29 is 0 Å². The predicted molar refractivity (Wildman–Crippen MR) is 133 cm³/mol. The molecule has 2 aliphatic rings. The Morgan fingerprint density at radius 3 is 2.47 bits per heavy atom. The van der Waals surface area contributed by atoms with Crippen molar-refractivity contribution in [1.82, 2.24) is 5.32 Å². The molecule has 1 fully saturated rings. The Balaban J connectivity index is 0.00000155. The van der Waals surface area contributed by atoms with Gasteiger partial charge in [0.25, 0.3) is 0 Å². The number of aryl methyl sites for hydroxylation is 2. The normalized spacial score (nSPS) is 17.2. The maximum atomic E-state index is 4.44. The molecular formula is C28H38N2. The lowest BCUT2D eigenvalue weighted by atomic mass is 9.93. The summed E-state index contributed by atoms with van der Waals surface area (Å²) in [7, 11) is 0. The average Bonchev–Trinajstić information content (AvgIpc) is 3.41. The summed E-state index contributed by atoms with van der Waals surface area (Å²) in [5, 5.41) is 3.77. The molecule has 3 rings (SSSR count). The number of aliphatic imine (C=N–C) groups is 1. The third-order valence-electron chi connectivity index (χ3n) is 6.65. The molecule has 0 aliphatic heterocycles. The molecule has 1 saturated carbocycles. The summed E-state index contributed by atoms with van der Waals surface area (Å²) >= 11 is 0.